The Bertz CT molecular complexity index is 880. The first-order chi connectivity index (χ1) is 14.5. The number of likely N-dealkylation sites (tertiary alicyclic amines) is 1. The van der Waals surface area contributed by atoms with Gasteiger partial charge in [0.15, 0.2) is 0 Å². The van der Waals surface area contributed by atoms with Gasteiger partial charge in [0.2, 0.25) is 10.0 Å². The molecule has 1 heterocycles. The van der Waals surface area contributed by atoms with Crippen molar-refractivity contribution in [3.05, 3.63) is 35.1 Å². The number of sulfonamides is 1. The van der Waals surface area contributed by atoms with Crippen molar-refractivity contribution in [1.29, 1.82) is 0 Å². The zero-order valence-corrected chi connectivity index (χ0v) is 17.9. The van der Waals surface area contributed by atoms with Crippen LogP contribution in [0.15, 0.2) is 18.2 Å². The Morgan fingerprint density at radius 3 is 2.35 bits per heavy atom. The summed E-state index contributed by atoms with van der Waals surface area (Å²) in [6.07, 6.45) is -1.23. The van der Waals surface area contributed by atoms with Gasteiger partial charge in [-0.05, 0) is 68.8 Å². The van der Waals surface area contributed by atoms with Crippen molar-refractivity contribution in [3.63, 3.8) is 0 Å². The van der Waals surface area contributed by atoms with Crippen molar-refractivity contribution >= 4 is 15.9 Å². The van der Waals surface area contributed by atoms with E-state index in [-0.39, 0.29) is 17.2 Å². The number of hydrogen-bond acceptors (Lipinski definition) is 4. The average Bonchev–Trinajstić information content (AvgIpc) is 3.49. The fourth-order valence-corrected chi connectivity index (χ4v) is 5.12. The summed E-state index contributed by atoms with van der Waals surface area (Å²) in [5.74, 6) is -1.19. The summed E-state index contributed by atoms with van der Waals surface area (Å²) in [5, 5.41) is 2.59. The number of carbonyl (C=O) groups is 1. The lowest BCUT2D eigenvalue weighted by atomic mass is 9.96. The Morgan fingerprint density at radius 1 is 1.06 bits per heavy atom. The third-order valence-electron chi connectivity index (χ3n) is 5.65. The first-order valence-corrected chi connectivity index (χ1v) is 12.0. The number of carbonyl (C=O) groups excluding carboxylic acids is 1. The van der Waals surface area contributed by atoms with Crippen LogP contribution in [0.4, 0.5) is 17.6 Å². The molecule has 0 unspecified atom stereocenters. The van der Waals surface area contributed by atoms with E-state index in [1.165, 1.54) is 0 Å². The summed E-state index contributed by atoms with van der Waals surface area (Å²) in [6.45, 7) is 2.73. The van der Waals surface area contributed by atoms with Crippen LogP contribution in [-0.4, -0.2) is 57.7 Å². The summed E-state index contributed by atoms with van der Waals surface area (Å²) in [4.78, 5) is 14.3. The highest BCUT2D eigenvalue weighted by Gasteiger charge is 2.32. The molecule has 3 rings (SSSR count). The lowest BCUT2D eigenvalue weighted by Gasteiger charge is -2.32. The number of piperidine rings is 1. The molecule has 2 N–H and O–H groups in total. The van der Waals surface area contributed by atoms with Gasteiger partial charge < -0.3 is 10.2 Å². The highest BCUT2D eigenvalue weighted by atomic mass is 32.2. The summed E-state index contributed by atoms with van der Waals surface area (Å²) in [5.41, 5.74) is -1.55. The minimum absolute atomic E-state index is 0.155. The number of alkyl halides is 3. The molecule has 1 aromatic rings. The number of nitrogens with zero attached hydrogens (tertiary/aromatic N) is 1. The highest BCUT2D eigenvalue weighted by molar-refractivity contribution is 7.89. The molecule has 11 heteroatoms. The number of amides is 1. The second-order valence-corrected chi connectivity index (χ2v) is 10.2. The van der Waals surface area contributed by atoms with Crippen LogP contribution < -0.4 is 10.0 Å². The fourth-order valence-electron chi connectivity index (χ4n) is 3.65. The topological polar surface area (TPSA) is 78.5 Å². The van der Waals surface area contributed by atoms with Gasteiger partial charge in [-0.25, -0.2) is 17.5 Å². The van der Waals surface area contributed by atoms with Crippen LogP contribution in [0.1, 0.15) is 41.6 Å². The number of nitrogens with one attached hydrogen (secondary N) is 2. The van der Waals surface area contributed by atoms with Crippen molar-refractivity contribution in [2.75, 3.05) is 38.5 Å². The van der Waals surface area contributed by atoms with E-state index in [0.29, 0.717) is 37.7 Å². The summed E-state index contributed by atoms with van der Waals surface area (Å²) in [6, 6.07) is 1.79. The minimum atomic E-state index is -4.73. The van der Waals surface area contributed by atoms with Crippen LogP contribution in [0.5, 0.6) is 0 Å². The first-order valence-electron chi connectivity index (χ1n) is 10.4. The van der Waals surface area contributed by atoms with Gasteiger partial charge in [0.25, 0.3) is 5.91 Å². The maximum Gasteiger partial charge on any atom is 0.416 e. The van der Waals surface area contributed by atoms with Gasteiger partial charge in [-0.15, -0.1) is 0 Å². The molecular weight excluding hydrogens is 438 g/mol. The molecule has 1 saturated heterocycles. The van der Waals surface area contributed by atoms with E-state index in [0.717, 1.165) is 44.8 Å². The SMILES string of the molecule is O=C(NCC1CCN(CCNS(=O)(=O)CC2CC2)CC1)c1cc(F)cc(C(F)(F)F)c1. The third kappa shape index (κ3) is 7.73. The van der Waals surface area contributed by atoms with Gasteiger partial charge in [-0.3, -0.25) is 4.79 Å². The molecule has 174 valence electrons. The second-order valence-electron chi connectivity index (χ2n) is 8.34. The summed E-state index contributed by atoms with van der Waals surface area (Å²) in [7, 11) is -3.21. The van der Waals surface area contributed by atoms with E-state index >= 15 is 0 Å². The van der Waals surface area contributed by atoms with Crippen molar-refractivity contribution < 1.29 is 30.8 Å². The quantitative estimate of drug-likeness (QED) is 0.550. The fraction of sp³-hybridized carbons (Fsp3) is 0.650. The second kappa shape index (κ2) is 9.83. The van der Waals surface area contributed by atoms with Crippen LogP contribution in [0.3, 0.4) is 0 Å². The zero-order valence-electron chi connectivity index (χ0n) is 17.0. The van der Waals surface area contributed by atoms with E-state index in [2.05, 4.69) is 14.9 Å². The lowest BCUT2D eigenvalue weighted by Crippen LogP contribution is -2.42. The van der Waals surface area contributed by atoms with Crippen molar-refractivity contribution in [1.82, 2.24) is 14.9 Å². The maximum atomic E-state index is 13.5. The van der Waals surface area contributed by atoms with Gasteiger partial charge >= 0.3 is 6.18 Å². The summed E-state index contributed by atoms with van der Waals surface area (Å²) < 4.78 is 78.2. The van der Waals surface area contributed by atoms with Gasteiger partial charge in [0, 0.05) is 25.2 Å². The molecule has 2 aliphatic rings. The zero-order chi connectivity index (χ0) is 22.6. The Hall–Kier alpha value is -1.72. The highest BCUT2D eigenvalue weighted by Crippen LogP contribution is 2.31. The molecule has 1 aromatic carbocycles. The van der Waals surface area contributed by atoms with Crippen molar-refractivity contribution in [2.45, 2.75) is 31.9 Å². The number of benzene rings is 1. The molecule has 0 bridgehead atoms. The normalized spacial score (nSPS) is 18.8. The smallest absolute Gasteiger partial charge is 0.352 e. The molecular formula is C20H27F4N3O3S. The Labute approximate surface area is 179 Å². The lowest BCUT2D eigenvalue weighted by molar-refractivity contribution is -0.137. The molecule has 1 aliphatic carbocycles. The van der Waals surface area contributed by atoms with Gasteiger partial charge in [0.05, 0.1) is 11.3 Å². The van der Waals surface area contributed by atoms with Crippen LogP contribution in [0.25, 0.3) is 0 Å². The molecule has 1 aliphatic heterocycles. The molecule has 0 radical (unpaired) electrons. The van der Waals surface area contributed by atoms with E-state index in [1.807, 2.05) is 0 Å². The van der Waals surface area contributed by atoms with Gasteiger partial charge in [0.1, 0.15) is 5.82 Å². The van der Waals surface area contributed by atoms with Crippen LogP contribution in [-0.2, 0) is 16.2 Å². The van der Waals surface area contributed by atoms with E-state index in [9.17, 15) is 30.8 Å². The number of halogens is 4. The first kappa shape index (κ1) is 23.9. The molecule has 2 fully saturated rings. The Kier molecular flexibility index (Phi) is 7.59. The molecule has 1 amide bonds. The summed E-state index contributed by atoms with van der Waals surface area (Å²) >= 11 is 0. The van der Waals surface area contributed by atoms with E-state index < -0.39 is 33.5 Å². The van der Waals surface area contributed by atoms with E-state index in [1.54, 1.807) is 0 Å². The van der Waals surface area contributed by atoms with Crippen LogP contribution >= 0.6 is 0 Å². The molecule has 6 nitrogen and oxygen atoms in total. The maximum absolute atomic E-state index is 13.5. The van der Waals surface area contributed by atoms with E-state index in [4.69, 9.17) is 0 Å². The van der Waals surface area contributed by atoms with Crippen molar-refractivity contribution in [3.8, 4) is 0 Å². The van der Waals surface area contributed by atoms with Crippen molar-refractivity contribution in [2.24, 2.45) is 11.8 Å². The Morgan fingerprint density at radius 2 is 1.74 bits per heavy atom. The predicted molar refractivity (Wildman–Crippen MR) is 107 cm³/mol. The monoisotopic (exact) mass is 465 g/mol. The minimum Gasteiger partial charge on any atom is -0.352 e. The van der Waals surface area contributed by atoms with Crippen LogP contribution in [0, 0.1) is 17.7 Å². The third-order valence-corrected chi connectivity index (χ3v) is 7.20. The molecule has 0 atom stereocenters. The molecule has 31 heavy (non-hydrogen) atoms. The largest absolute Gasteiger partial charge is 0.416 e. The van der Waals surface area contributed by atoms with Crippen LogP contribution in [0.2, 0.25) is 0 Å². The number of rotatable bonds is 9. The van der Waals surface area contributed by atoms with Gasteiger partial charge in [-0.1, -0.05) is 0 Å². The number of hydrogen-bond donors (Lipinski definition) is 2. The molecule has 1 saturated carbocycles. The average molecular weight is 466 g/mol. The standard InChI is InChI=1S/C20H27F4N3O3S/c21-18-10-16(9-17(11-18)20(22,23)24)19(28)25-12-14-3-6-27(7-4-14)8-5-26-31(29,30)13-15-1-2-15/h9-11,14-15,26H,1-8,12-13H2,(H,25,28). The molecule has 0 spiro atoms. The molecule has 0 aromatic heterocycles. The Balaban J connectivity index is 1.38. The predicted octanol–water partition coefficient (Wildman–Crippen LogP) is 2.62. The van der Waals surface area contributed by atoms with Gasteiger partial charge in [-0.2, -0.15) is 13.2 Å².